The van der Waals surface area contributed by atoms with Crippen LogP contribution in [0.2, 0.25) is 0 Å². The topological polar surface area (TPSA) is 56.8 Å². The number of anilines is 1. The minimum Gasteiger partial charge on any atom is -0.341 e. The lowest BCUT2D eigenvalue weighted by atomic mass is 9.89. The Bertz CT molecular complexity index is 309. The molecule has 0 aromatic carbocycles. The molecule has 0 spiro atoms. The van der Waals surface area contributed by atoms with Crippen LogP contribution in [0.4, 0.5) is 5.95 Å². The highest BCUT2D eigenvalue weighted by Gasteiger charge is 2.28. The van der Waals surface area contributed by atoms with Gasteiger partial charge in [-0.1, -0.05) is 0 Å². The molecule has 1 aromatic rings. The Morgan fingerprint density at radius 1 is 1.25 bits per heavy atom. The average molecular weight is 221 g/mol. The molecule has 0 bridgehead atoms. The lowest BCUT2D eigenvalue weighted by molar-refractivity contribution is 0.317. The maximum atomic E-state index is 4.21. The SMILES string of the molecule is c1n[nH]c(N2CCC(C3CCCN3)CC2)n1. The third-order valence-corrected chi connectivity index (χ3v) is 3.91. The summed E-state index contributed by atoms with van der Waals surface area (Å²) in [5.41, 5.74) is 0. The van der Waals surface area contributed by atoms with Gasteiger partial charge in [-0.25, -0.2) is 5.10 Å². The third kappa shape index (κ3) is 1.91. The molecule has 0 amide bonds. The zero-order chi connectivity index (χ0) is 10.8. The van der Waals surface area contributed by atoms with E-state index >= 15 is 0 Å². The molecule has 3 rings (SSSR count). The summed E-state index contributed by atoms with van der Waals surface area (Å²) in [4.78, 5) is 6.51. The molecule has 16 heavy (non-hydrogen) atoms. The van der Waals surface area contributed by atoms with E-state index in [2.05, 4.69) is 25.4 Å². The van der Waals surface area contributed by atoms with Crippen LogP contribution in [0.5, 0.6) is 0 Å². The summed E-state index contributed by atoms with van der Waals surface area (Å²) in [6, 6.07) is 0.775. The van der Waals surface area contributed by atoms with Crippen LogP contribution < -0.4 is 10.2 Å². The second kappa shape index (κ2) is 4.41. The highest BCUT2D eigenvalue weighted by atomic mass is 15.3. The van der Waals surface area contributed by atoms with Crippen molar-refractivity contribution in [1.82, 2.24) is 20.5 Å². The van der Waals surface area contributed by atoms with Crippen molar-refractivity contribution in [3.05, 3.63) is 6.33 Å². The summed E-state index contributed by atoms with van der Waals surface area (Å²) in [7, 11) is 0. The average Bonchev–Trinajstić information content (AvgIpc) is 3.03. The van der Waals surface area contributed by atoms with Crippen molar-refractivity contribution in [1.29, 1.82) is 0 Å². The van der Waals surface area contributed by atoms with Gasteiger partial charge in [-0.3, -0.25) is 0 Å². The van der Waals surface area contributed by atoms with Gasteiger partial charge in [0.25, 0.3) is 0 Å². The minimum absolute atomic E-state index is 0.775. The van der Waals surface area contributed by atoms with Gasteiger partial charge in [-0.15, -0.1) is 0 Å². The van der Waals surface area contributed by atoms with Crippen molar-refractivity contribution in [2.75, 3.05) is 24.5 Å². The van der Waals surface area contributed by atoms with Crippen LogP contribution in [0.3, 0.4) is 0 Å². The van der Waals surface area contributed by atoms with E-state index in [1.807, 2.05) is 0 Å². The Morgan fingerprint density at radius 3 is 2.75 bits per heavy atom. The zero-order valence-electron chi connectivity index (χ0n) is 9.52. The van der Waals surface area contributed by atoms with Gasteiger partial charge >= 0.3 is 0 Å². The van der Waals surface area contributed by atoms with E-state index in [0.717, 1.165) is 31.0 Å². The summed E-state index contributed by atoms with van der Waals surface area (Å²) in [5.74, 6) is 1.79. The van der Waals surface area contributed by atoms with Crippen LogP contribution >= 0.6 is 0 Å². The van der Waals surface area contributed by atoms with E-state index < -0.39 is 0 Å². The standard InChI is InChI=1S/C11H19N5/c1-2-10(12-5-1)9-3-6-16(7-4-9)11-13-8-14-15-11/h8-10,12H,1-7H2,(H,13,14,15). The molecule has 5 nitrogen and oxygen atoms in total. The molecular weight excluding hydrogens is 202 g/mol. The number of aromatic nitrogens is 3. The fourth-order valence-corrected chi connectivity index (χ4v) is 2.98. The van der Waals surface area contributed by atoms with Gasteiger partial charge in [0.15, 0.2) is 0 Å². The predicted octanol–water partition coefficient (Wildman–Crippen LogP) is 0.773. The number of aromatic amines is 1. The smallest absolute Gasteiger partial charge is 0.221 e. The van der Waals surface area contributed by atoms with E-state index in [9.17, 15) is 0 Å². The molecule has 0 aliphatic carbocycles. The van der Waals surface area contributed by atoms with E-state index in [1.54, 1.807) is 6.33 Å². The molecule has 1 aromatic heterocycles. The molecule has 2 aliphatic heterocycles. The number of H-pyrrole nitrogens is 1. The molecular formula is C11H19N5. The highest BCUT2D eigenvalue weighted by Crippen LogP contribution is 2.26. The van der Waals surface area contributed by atoms with Crippen LogP contribution in [0, 0.1) is 5.92 Å². The lowest BCUT2D eigenvalue weighted by Gasteiger charge is -2.34. The van der Waals surface area contributed by atoms with E-state index in [-0.39, 0.29) is 0 Å². The second-order valence-corrected chi connectivity index (χ2v) is 4.84. The summed E-state index contributed by atoms with van der Waals surface area (Å²) in [6.07, 6.45) is 6.86. The Hall–Kier alpha value is -1.10. The van der Waals surface area contributed by atoms with Crippen LogP contribution in [-0.4, -0.2) is 40.9 Å². The van der Waals surface area contributed by atoms with E-state index in [4.69, 9.17) is 0 Å². The number of piperidine rings is 1. The first kappa shape index (κ1) is 10.1. The first-order chi connectivity index (χ1) is 7.93. The van der Waals surface area contributed by atoms with Crippen LogP contribution in [0.25, 0.3) is 0 Å². The van der Waals surface area contributed by atoms with Crippen molar-refractivity contribution in [3.63, 3.8) is 0 Å². The lowest BCUT2D eigenvalue weighted by Crippen LogP contribution is -2.41. The quantitative estimate of drug-likeness (QED) is 0.774. The van der Waals surface area contributed by atoms with Crippen molar-refractivity contribution in [2.45, 2.75) is 31.7 Å². The number of hydrogen-bond acceptors (Lipinski definition) is 4. The van der Waals surface area contributed by atoms with Gasteiger partial charge in [0.1, 0.15) is 6.33 Å². The van der Waals surface area contributed by atoms with Crippen LogP contribution in [0.15, 0.2) is 6.33 Å². The Morgan fingerprint density at radius 2 is 2.12 bits per heavy atom. The summed E-state index contributed by atoms with van der Waals surface area (Å²) in [6.45, 7) is 3.43. The first-order valence-corrected chi connectivity index (χ1v) is 6.27. The Kier molecular flexibility index (Phi) is 2.78. The van der Waals surface area contributed by atoms with Crippen molar-refractivity contribution in [3.8, 4) is 0 Å². The second-order valence-electron chi connectivity index (χ2n) is 4.84. The summed E-state index contributed by atoms with van der Waals surface area (Å²) in [5, 5.41) is 10.5. The Labute approximate surface area is 95.6 Å². The van der Waals surface area contributed by atoms with Crippen LogP contribution in [-0.2, 0) is 0 Å². The molecule has 3 heterocycles. The van der Waals surface area contributed by atoms with Crippen molar-refractivity contribution >= 4 is 5.95 Å². The molecule has 2 saturated heterocycles. The van der Waals surface area contributed by atoms with Gasteiger partial charge in [-0.05, 0) is 38.1 Å². The monoisotopic (exact) mass is 221 g/mol. The first-order valence-electron chi connectivity index (χ1n) is 6.27. The fraction of sp³-hybridized carbons (Fsp3) is 0.818. The van der Waals surface area contributed by atoms with E-state index in [0.29, 0.717) is 0 Å². The zero-order valence-corrected chi connectivity index (χ0v) is 9.52. The number of rotatable bonds is 2. The molecule has 2 aliphatic rings. The molecule has 0 radical (unpaired) electrons. The Balaban J connectivity index is 1.55. The minimum atomic E-state index is 0.775. The highest BCUT2D eigenvalue weighted by molar-refractivity contribution is 5.27. The number of nitrogens with one attached hydrogen (secondary N) is 2. The molecule has 88 valence electrons. The molecule has 2 fully saturated rings. The van der Waals surface area contributed by atoms with Crippen molar-refractivity contribution in [2.24, 2.45) is 5.92 Å². The summed E-state index contributed by atoms with van der Waals surface area (Å²) < 4.78 is 0. The molecule has 1 unspecified atom stereocenters. The van der Waals surface area contributed by atoms with Crippen LogP contribution in [0.1, 0.15) is 25.7 Å². The maximum absolute atomic E-state index is 4.21. The van der Waals surface area contributed by atoms with Gasteiger partial charge in [-0.2, -0.15) is 10.1 Å². The summed E-state index contributed by atoms with van der Waals surface area (Å²) >= 11 is 0. The molecule has 0 saturated carbocycles. The number of hydrogen-bond donors (Lipinski definition) is 2. The maximum Gasteiger partial charge on any atom is 0.221 e. The number of nitrogens with zero attached hydrogens (tertiary/aromatic N) is 3. The van der Waals surface area contributed by atoms with Gasteiger partial charge < -0.3 is 10.2 Å². The normalized spacial score (nSPS) is 27.5. The molecule has 1 atom stereocenters. The third-order valence-electron chi connectivity index (χ3n) is 3.91. The largest absolute Gasteiger partial charge is 0.341 e. The van der Waals surface area contributed by atoms with Gasteiger partial charge in [0, 0.05) is 19.1 Å². The van der Waals surface area contributed by atoms with Gasteiger partial charge in [0.2, 0.25) is 5.95 Å². The fourth-order valence-electron chi connectivity index (χ4n) is 2.98. The van der Waals surface area contributed by atoms with E-state index in [1.165, 1.54) is 32.2 Å². The molecule has 5 heteroatoms. The predicted molar refractivity (Wildman–Crippen MR) is 62.3 cm³/mol. The molecule has 2 N–H and O–H groups in total. The van der Waals surface area contributed by atoms with Crippen molar-refractivity contribution < 1.29 is 0 Å². The van der Waals surface area contributed by atoms with Gasteiger partial charge in [0.05, 0.1) is 0 Å².